The predicted octanol–water partition coefficient (Wildman–Crippen LogP) is 2.40. The normalized spacial score (nSPS) is 10.3. The van der Waals surface area contributed by atoms with Gasteiger partial charge < -0.3 is 10.1 Å². The van der Waals surface area contributed by atoms with Gasteiger partial charge in [0.05, 0.1) is 0 Å². The Kier molecular flexibility index (Phi) is 7.42. The molecule has 8 heteroatoms. The minimum absolute atomic E-state index is 0.378. The molecule has 0 bridgehead atoms. The van der Waals surface area contributed by atoms with Gasteiger partial charge in [-0.2, -0.15) is 0 Å². The van der Waals surface area contributed by atoms with E-state index in [9.17, 15) is 14.4 Å². The topological polar surface area (TPSA) is 84.5 Å². The number of carbonyl (C=O) groups is 3. The maximum atomic E-state index is 11.5. The Bertz CT molecular complexity index is 603. The van der Waals surface area contributed by atoms with E-state index >= 15 is 0 Å². The molecule has 0 radical (unpaired) electrons. The first kappa shape index (κ1) is 18.0. The van der Waals surface area contributed by atoms with E-state index in [1.807, 2.05) is 5.32 Å². The lowest BCUT2D eigenvalue weighted by atomic mass is 10.2. The maximum Gasteiger partial charge on any atom is 0.331 e. The third-order valence-electron chi connectivity index (χ3n) is 2.30. The van der Waals surface area contributed by atoms with Gasteiger partial charge in [0.1, 0.15) is 0 Å². The molecule has 118 valence electrons. The van der Waals surface area contributed by atoms with Crippen LogP contribution in [0.25, 0.3) is 6.08 Å². The lowest BCUT2D eigenvalue weighted by Crippen LogP contribution is -2.41. The summed E-state index contributed by atoms with van der Waals surface area (Å²) in [7, 11) is 0. The van der Waals surface area contributed by atoms with Crippen LogP contribution in [0.4, 0.5) is 4.79 Å². The molecular weight excluding hydrogens is 331 g/mol. The van der Waals surface area contributed by atoms with E-state index in [0.29, 0.717) is 22.2 Å². The smallest absolute Gasteiger partial charge is 0.331 e. The van der Waals surface area contributed by atoms with Gasteiger partial charge in [-0.1, -0.05) is 29.3 Å². The fourth-order valence-electron chi connectivity index (χ4n) is 1.35. The summed E-state index contributed by atoms with van der Waals surface area (Å²) in [6, 6.07) is 4.15. The number of halogens is 2. The Morgan fingerprint density at radius 1 is 1.27 bits per heavy atom. The van der Waals surface area contributed by atoms with E-state index < -0.39 is 24.5 Å². The van der Waals surface area contributed by atoms with Crippen molar-refractivity contribution in [2.45, 2.75) is 6.92 Å². The first-order valence-corrected chi connectivity index (χ1v) is 7.05. The summed E-state index contributed by atoms with van der Waals surface area (Å²) >= 11 is 11.7. The Hall–Kier alpha value is -2.05. The molecule has 0 aliphatic rings. The monoisotopic (exact) mass is 344 g/mol. The van der Waals surface area contributed by atoms with Crippen LogP contribution in [0.3, 0.4) is 0 Å². The summed E-state index contributed by atoms with van der Waals surface area (Å²) in [6.45, 7) is 1.52. The van der Waals surface area contributed by atoms with Crippen LogP contribution in [0.15, 0.2) is 24.3 Å². The standard InChI is InChI=1S/C14H14Cl2N2O4/c1-2-17-14(21)18-12(19)8-22-13(20)6-4-9-3-5-10(15)7-11(9)16/h3-7H,2,8H2,1H3,(H2,17,18,19,21). The predicted molar refractivity (Wildman–Crippen MR) is 83.7 cm³/mol. The molecule has 0 aliphatic heterocycles. The van der Waals surface area contributed by atoms with Gasteiger partial charge in [0.15, 0.2) is 6.61 Å². The number of urea groups is 1. The fraction of sp³-hybridized carbons (Fsp3) is 0.214. The molecule has 6 nitrogen and oxygen atoms in total. The number of amides is 3. The highest BCUT2D eigenvalue weighted by molar-refractivity contribution is 6.35. The summed E-state index contributed by atoms with van der Waals surface area (Å²) in [4.78, 5) is 33.8. The minimum atomic E-state index is -0.739. The molecule has 0 unspecified atom stereocenters. The molecule has 0 saturated heterocycles. The van der Waals surface area contributed by atoms with Crippen molar-refractivity contribution in [3.8, 4) is 0 Å². The number of imide groups is 1. The number of esters is 1. The Morgan fingerprint density at radius 2 is 2.00 bits per heavy atom. The molecule has 0 atom stereocenters. The van der Waals surface area contributed by atoms with Gasteiger partial charge >= 0.3 is 12.0 Å². The second-order valence-corrected chi connectivity index (χ2v) is 4.86. The number of hydrogen-bond acceptors (Lipinski definition) is 4. The average molecular weight is 345 g/mol. The minimum Gasteiger partial charge on any atom is -0.452 e. The largest absolute Gasteiger partial charge is 0.452 e. The van der Waals surface area contributed by atoms with Gasteiger partial charge in [-0.05, 0) is 30.7 Å². The van der Waals surface area contributed by atoms with Crippen LogP contribution in [0.1, 0.15) is 12.5 Å². The summed E-state index contributed by atoms with van der Waals surface area (Å²) in [5.74, 6) is -1.46. The Morgan fingerprint density at radius 3 is 2.64 bits per heavy atom. The first-order valence-electron chi connectivity index (χ1n) is 6.30. The van der Waals surface area contributed by atoms with Crippen LogP contribution in [0.5, 0.6) is 0 Å². The van der Waals surface area contributed by atoms with Gasteiger partial charge in [-0.15, -0.1) is 0 Å². The van der Waals surface area contributed by atoms with Crippen molar-refractivity contribution in [3.63, 3.8) is 0 Å². The van der Waals surface area contributed by atoms with Crippen molar-refractivity contribution < 1.29 is 19.1 Å². The number of benzene rings is 1. The molecule has 2 N–H and O–H groups in total. The number of carbonyl (C=O) groups excluding carboxylic acids is 3. The molecule has 22 heavy (non-hydrogen) atoms. The van der Waals surface area contributed by atoms with Crippen molar-refractivity contribution >= 4 is 47.2 Å². The molecule has 0 aromatic heterocycles. The van der Waals surface area contributed by atoms with E-state index in [4.69, 9.17) is 23.2 Å². The van der Waals surface area contributed by atoms with Crippen molar-refractivity contribution in [2.24, 2.45) is 0 Å². The van der Waals surface area contributed by atoms with Crippen molar-refractivity contribution in [1.29, 1.82) is 0 Å². The highest BCUT2D eigenvalue weighted by Crippen LogP contribution is 2.21. The third-order valence-corrected chi connectivity index (χ3v) is 2.86. The Balaban J connectivity index is 2.44. The highest BCUT2D eigenvalue weighted by Gasteiger charge is 2.08. The van der Waals surface area contributed by atoms with Gasteiger partial charge in [0, 0.05) is 22.7 Å². The summed E-state index contributed by atoms with van der Waals surface area (Å²) < 4.78 is 4.68. The average Bonchev–Trinajstić information content (AvgIpc) is 2.44. The fourth-order valence-corrected chi connectivity index (χ4v) is 1.82. The Labute approximate surface area is 137 Å². The van der Waals surface area contributed by atoms with Crippen LogP contribution in [-0.2, 0) is 14.3 Å². The van der Waals surface area contributed by atoms with Crippen LogP contribution in [-0.4, -0.2) is 31.1 Å². The maximum absolute atomic E-state index is 11.5. The van der Waals surface area contributed by atoms with E-state index in [1.165, 1.54) is 12.1 Å². The molecule has 0 fully saturated rings. The SMILES string of the molecule is CCNC(=O)NC(=O)COC(=O)C=Cc1ccc(Cl)cc1Cl. The number of rotatable bonds is 5. The van der Waals surface area contributed by atoms with E-state index in [-0.39, 0.29) is 0 Å². The van der Waals surface area contributed by atoms with Crippen molar-refractivity contribution in [1.82, 2.24) is 10.6 Å². The first-order chi connectivity index (χ1) is 10.4. The van der Waals surface area contributed by atoms with Gasteiger partial charge in [-0.25, -0.2) is 9.59 Å². The summed E-state index contributed by atoms with van der Waals surface area (Å²) in [5, 5.41) is 5.23. The molecule has 0 spiro atoms. The second-order valence-electron chi connectivity index (χ2n) is 4.01. The zero-order chi connectivity index (χ0) is 16.5. The van der Waals surface area contributed by atoms with Crippen LogP contribution in [0.2, 0.25) is 10.0 Å². The van der Waals surface area contributed by atoms with E-state index in [0.717, 1.165) is 6.08 Å². The van der Waals surface area contributed by atoms with Crippen LogP contribution in [0, 0.1) is 0 Å². The van der Waals surface area contributed by atoms with Gasteiger partial charge in [0.2, 0.25) is 0 Å². The zero-order valence-electron chi connectivity index (χ0n) is 11.7. The number of nitrogens with one attached hydrogen (secondary N) is 2. The lowest BCUT2D eigenvalue weighted by molar-refractivity contribution is -0.143. The summed E-state index contributed by atoms with van der Waals surface area (Å²) in [6.07, 6.45) is 2.55. The molecule has 1 rings (SSSR count). The zero-order valence-corrected chi connectivity index (χ0v) is 13.2. The molecule has 0 aliphatic carbocycles. The van der Waals surface area contributed by atoms with E-state index in [1.54, 1.807) is 19.1 Å². The molecule has 1 aromatic rings. The third kappa shape index (κ3) is 6.60. The molecular formula is C14H14Cl2N2O4. The van der Waals surface area contributed by atoms with E-state index in [2.05, 4.69) is 10.1 Å². The van der Waals surface area contributed by atoms with Gasteiger partial charge in [-0.3, -0.25) is 10.1 Å². The van der Waals surface area contributed by atoms with Crippen molar-refractivity contribution in [3.05, 3.63) is 39.9 Å². The highest BCUT2D eigenvalue weighted by atomic mass is 35.5. The molecule has 0 heterocycles. The van der Waals surface area contributed by atoms with Crippen LogP contribution >= 0.6 is 23.2 Å². The molecule has 3 amide bonds. The molecule has 1 aromatic carbocycles. The van der Waals surface area contributed by atoms with Crippen LogP contribution < -0.4 is 10.6 Å². The number of ether oxygens (including phenoxy) is 1. The lowest BCUT2D eigenvalue weighted by Gasteiger charge is -2.04. The number of hydrogen-bond donors (Lipinski definition) is 2. The summed E-state index contributed by atoms with van der Waals surface area (Å²) in [5.41, 5.74) is 0.579. The second kappa shape index (κ2) is 9.07. The van der Waals surface area contributed by atoms with Gasteiger partial charge in [0.25, 0.3) is 5.91 Å². The quantitative estimate of drug-likeness (QED) is 0.634. The van der Waals surface area contributed by atoms with Crippen molar-refractivity contribution in [2.75, 3.05) is 13.2 Å². The molecule has 0 saturated carbocycles.